The number of para-hydroxylation sites is 1. The number of nitrogens with zero attached hydrogens (tertiary/aromatic N) is 3. The van der Waals surface area contributed by atoms with Crippen molar-refractivity contribution in [3.63, 3.8) is 0 Å². The van der Waals surface area contributed by atoms with Gasteiger partial charge in [0, 0.05) is 21.8 Å². The molecule has 5 rings (SSSR count). The van der Waals surface area contributed by atoms with Crippen LogP contribution in [0.25, 0.3) is 22.3 Å². The van der Waals surface area contributed by atoms with Crippen molar-refractivity contribution in [3.05, 3.63) is 115 Å². The number of anilines is 1. The number of fused-ring (bicyclic) bond motifs is 1. The summed E-state index contributed by atoms with van der Waals surface area (Å²) in [4.78, 5) is 31.4. The van der Waals surface area contributed by atoms with Gasteiger partial charge in [-0.05, 0) is 101 Å². The zero-order chi connectivity index (χ0) is 33.0. The first-order chi connectivity index (χ1) is 22.0. The molecule has 11 heteroatoms. The molecule has 0 saturated heterocycles. The summed E-state index contributed by atoms with van der Waals surface area (Å²) in [5.41, 5.74) is 3.43. The number of amides is 1. The fourth-order valence-corrected chi connectivity index (χ4v) is 5.87. The van der Waals surface area contributed by atoms with Gasteiger partial charge < -0.3 is 14.8 Å². The molecule has 0 aliphatic carbocycles. The lowest BCUT2D eigenvalue weighted by molar-refractivity contribution is -0.118. The molecule has 46 heavy (non-hydrogen) atoms. The molecule has 4 aromatic carbocycles. The van der Waals surface area contributed by atoms with Crippen LogP contribution in [0.3, 0.4) is 0 Å². The molecule has 0 unspecified atom stereocenters. The van der Waals surface area contributed by atoms with Crippen molar-refractivity contribution in [3.8, 4) is 22.9 Å². The van der Waals surface area contributed by atoms with E-state index in [1.54, 1.807) is 36.4 Å². The molecular formula is C35H31BrClFN4O4. The highest BCUT2D eigenvalue weighted by atomic mass is 79.9. The quantitative estimate of drug-likeness (QED) is 0.148. The summed E-state index contributed by atoms with van der Waals surface area (Å²) >= 11 is 9.83. The van der Waals surface area contributed by atoms with Crippen LogP contribution in [0.5, 0.6) is 11.5 Å². The minimum Gasteiger partial charge on any atom is -0.494 e. The number of nitrogens with one attached hydrogen (secondary N) is 1. The number of aromatic nitrogens is 2. The van der Waals surface area contributed by atoms with Gasteiger partial charge in [0.05, 0.1) is 28.2 Å². The van der Waals surface area contributed by atoms with Crippen LogP contribution < -0.4 is 20.3 Å². The Morgan fingerprint density at radius 1 is 1.11 bits per heavy atom. The first-order valence-corrected chi connectivity index (χ1v) is 15.7. The molecule has 0 atom stereocenters. The first-order valence-electron chi connectivity index (χ1n) is 14.6. The largest absolute Gasteiger partial charge is 0.494 e. The van der Waals surface area contributed by atoms with Crippen LogP contribution in [0.15, 0.2) is 87.2 Å². The third-order valence-electron chi connectivity index (χ3n) is 7.08. The topological polar surface area (TPSA) is 94.8 Å². The van der Waals surface area contributed by atoms with Crippen molar-refractivity contribution in [1.82, 2.24) is 9.66 Å². The van der Waals surface area contributed by atoms with E-state index in [0.717, 1.165) is 22.4 Å². The highest BCUT2D eigenvalue weighted by Gasteiger charge is 2.19. The molecule has 0 saturated carbocycles. The van der Waals surface area contributed by atoms with Crippen molar-refractivity contribution >= 4 is 56.2 Å². The van der Waals surface area contributed by atoms with Crippen molar-refractivity contribution in [2.75, 3.05) is 18.5 Å². The van der Waals surface area contributed by atoms with E-state index >= 15 is 0 Å². The lowest BCUT2D eigenvalue weighted by Gasteiger charge is -2.18. The molecule has 8 nitrogen and oxygen atoms in total. The second kappa shape index (κ2) is 14.3. The predicted octanol–water partition coefficient (Wildman–Crippen LogP) is 8.35. The number of carbonyl (C=O) groups excluding carboxylic acids is 1. The lowest BCUT2D eigenvalue weighted by atomic mass is 9.96. The Morgan fingerprint density at radius 3 is 2.63 bits per heavy atom. The first kappa shape index (κ1) is 32.8. The fourth-order valence-electron chi connectivity index (χ4n) is 4.93. The third-order valence-corrected chi connectivity index (χ3v) is 7.89. The second-order valence-corrected chi connectivity index (χ2v) is 12.1. The van der Waals surface area contributed by atoms with E-state index in [9.17, 15) is 14.0 Å². The summed E-state index contributed by atoms with van der Waals surface area (Å²) in [6.07, 6.45) is 1.44. The van der Waals surface area contributed by atoms with Crippen molar-refractivity contribution < 1.29 is 18.7 Å². The van der Waals surface area contributed by atoms with Crippen LogP contribution in [-0.2, 0) is 4.79 Å². The highest BCUT2D eigenvalue weighted by molar-refractivity contribution is 9.10. The average Bonchev–Trinajstić information content (AvgIpc) is 3.00. The Hall–Kier alpha value is -4.54. The molecule has 0 fully saturated rings. The number of hydrogen-bond acceptors (Lipinski definition) is 6. The van der Waals surface area contributed by atoms with Crippen molar-refractivity contribution in [1.29, 1.82) is 0 Å². The summed E-state index contributed by atoms with van der Waals surface area (Å²) in [6.45, 7) is 8.16. The Labute approximate surface area is 279 Å². The van der Waals surface area contributed by atoms with Crippen LogP contribution >= 0.6 is 27.5 Å². The maximum absolute atomic E-state index is 13.9. The molecule has 0 spiro atoms. The summed E-state index contributed by atoms with van der Waals surface area (Å²) in [6, 6.07) is 19.8. The molecule has 5 aromatic rings. The normalized spacial score (nSPS) is 11.4. The Kier molecular flexibility index (Phi) is 10.2. The van der Waals surface area contributed by atoms with Crippen LogP contribution in [0.2, 0.25) is 5.02 Å². The number of rotatable bonds is 10. The maximum Gasteiger partial charge on any atom is 0.282 e. The van der Waals surface area contributed by atoms with Crippen LogP contribution in [-0.4, -0.2) is 35.0 Å². The fraction of sp³-hybridized carbons (Fsp3) is 0.200. The Bertz CT molecular complexity index is 2030. The van der Waals surface area contributed by atoms with E-state index in [4.69, 9.17) is 26.1 Å². The van der Waals surface area contributed by atoms with E-state index < -0.39 is 11.7 Å². The van der Waals surface area contributed by atoms with E-state index in [0.29, 0.717) is 44.1 Å². The second-order valence-electron chi connectivity index (χ2n) is 10.8. The zero-order valence-corrected chi connectivity index (χ0v) is 27.9. The molecule has 1 aromatic heterocycles. The zero-order valence-electron chi connectivity index (χ0n) is 25.6. The van der Waals surface area contributed by atoms with Gasteiger partial charge >= 0.3 is 0 Å². The number of halogens is 3. The lowest BCUT2D eigenvalue weighted by Crippen LogP contribution is -2.21. The minimum absolute atomic E-state index is 0.145. The van der Waals surface area contributed by atoms with Crippen molar-refractivity contribution in [2.24, 2.45) is 5.10 Å². The van der Waals surface area contributed by atoms with E-state index in [1.807, 2.05) is 32.0 Å². The molecule has 0 aliphatic rings. The van der Waals surface area contributed by atoms with Crippen molar-refractivity contribution in [2.45, 2.75) is 33.6 Å². The molecule has 1 N–H and O–H groups in total. The Balaban J connectivity index is 1.57. The van der Waals surface area contributed by atoms with Gasteiger partial charge in [-0.1, -0.05) is 43.6 Å². The van der Waals surface area contributed by atoms with Crippen LogP contribution in [0.4, 0.5) is 10.1 Å². The monoisotopic (exact) mass is 704 g/mol. The van der Waals surface area contributed by atoms with Gasteiger partial charge in [-0.15, -0.1) is 0 Å². The molecule has 236 valence electrons. The summed E-state index contributed by atoms with van der Waals surface area (Å²) in [5.74, 6) is 0.567. The highest BCUT2D eigenvalue weighted by Crippen LogP contribution is 2.35. The summed E-state index contributed by atoms with van der Waals surface area (Å²) in [7, 11) is 0. The SMILES string of the molecule is CCOc1cc(C)c(-c2nc3ccccc3c(=O)n2N=Cc2cc(Cl)cc(Br)c2OCC(=O)Nc2cccc(F)c2)cc1C(C)C. The predicted molar refractivity (Wildman–Crippen MR) is 184 cm³/mol. The Morgan fingerprint density at radius 2 is 1.89 bits per heavy atom. The molecule has 1 amide bonds. The molecule has 0 radical (unpaired) electrons. The maximum atomic E-state index is 13.9. The van der Waals surface area contributed by atoms with Gasteiger partial charge in [-0.3, -0.25) is 9.59 Å². The molecule has 0 aliphatic heterocycles. The third kappa shape index (κ3) is 7.29. The molecule has 1 heterocycles. The average molecular weight is 706 g/mol. The molecular weight excluding hydrogens is 675 g/mol. The van der Waals surface area contributed by atoms with Crippen LogP contribution in [0.1, 0.15) is 43.4 Å². The van der Waals surface area contributed by atoms with Gasteiger partial charge in [-0.25, -0.2) is 9.37 Å². The summed E-state index contributed by atoms with van der Waals surface area (Å²) < 4.78 is 27.1. The number of benzene rings is 4. The van der Waals surface area contributed by atoms with Gasteiger partial charge in [0.25, 0.3) is 11.5 Å². The number of aryl methyl sites for hydroxylation is 1. The van der Waals surface area contributed by atoms with Crippen LogP contribution in [0, 0.1) is 12.7 Å². The van der Waals surface area contributed by atoms with E-state index in [-0.39, 0.29) is 23.8 Å². The van der Waals surface area contributed by atoms with E-state index in [2.05, 4.69) is 40.2 Å². The minimum atomic E-state index is -0.500. The number of carbonyl (C=O) groups is 1. The van der Waals surface area contributed by atoms with E-state index in [1.165, 1.54) is 29.1 Å². The number of ether oxygens (including phenoxy) is 2. The van der Waals surface area contributed by atoms with Gasteiger partial charge in [0.1, 0.15) is 17.3 Å². The standard InChI is InChI=1S/C35H31BrClFN4O4/c1-5-45-31-13-21(4)28(17-27(31)20(2)3)34-41-30-12-7-6-11-26(30)35(44)42(34)39-18-22-14-23(37)15-29(36)33(22)46-19-32(43)40-25-10-8-9-24(38)16-25/h6-18,20H,5,19H2,1-4H3,(H,40,43). The molecule has 0 bridgehead atoms. The number of hydrogen-bond donors (Lipinski definition) is 1. The van der Waals surface area contributed by atoms with Gasteiger partial charge in [0.2, 0.25) is 0 Å². The smallest absolute Gasteiger partial charge is 0.282 e. The van der Waals surface area contributed by atoms with Gasteiger partial charge in [0.15, 0.2) is 12.4 Å². The summed E-state index contributed by atoms with van der Waals surface area (Å²) in [5, 5.41) is 7.98. The van der Waals surface area contributed by atoms with Gasteiger partial charge in [-0.2, -0.15) is 9.78 Å².